The van der Waals surface area contributed by atoms with Crippen LogP contribution in [-0.2, 0) is 9.47 Å². The first-order valence-electron chi connectivity index (χ1n) is 12.0. The van der Waals surface area contributed by atoms with Crippen molar-refractivity contribution in [3.8, 4) is 17.1 Å². The highest BCUT2D eigenvalue weighted by atomic mass is 16.6. The zero-order valence-corrected chi connectivity index (χ0v) is 22.4. The van der Waals surface area contributed by atoms with Gasteiger partial charge in [0.2, 0.25) is 0 Å². The lowest BCUT2D eigenvalue weighted by Crippen LogP contribution is -2.29. The van der Waals surface area contributed by atoms with E-state index in [0.29, 0.717) is 45.1 Å². The van der Waals surface area contributed by atoms with Crippen molar-refractivity contribution in [3.63, 3.8) is 0 Å². The molecular formula is C28H32N4O5. The molecule has 2 aromatic heterocycles. The molecule has 0 radical (unpaired) electrons. The second-order valence-corrected chi connectivity index (χ2v) is 10.1. The van der Waals surface area contributed by atoms with Crippen LogP contribution in [0, 0.1) is 0 Å². The van der Waals surface area contributed by atoms with E-state index in [2.05, 4.69) is 0 Å². The van der Waals surface area contributed by atoms with Crippen molar-refractivity contribution in [1.29, 1.82) is 0 Å². The van der Waals surface area contributed by atoms with Crippen LogP contribution in [0.2, 0.25) is 0 Å². The van der Waals surface area contributed by atoms with E-state index in [1.54, 1.807) is 31.4 Å². The van der Waals surface area contributed by atoms with Crippen LogP contribution in [0.25, 0.3) is 33.3 Å². The summed E-state index contributed by atoms with van der Waals surface area (Å²) in [4.78, 5) is 37.4. The maximum atomic E-state index is 13.5. The summed E-state index contributed by atoms with van der Waals surface area (Å²) >= 11 is 0. The summed E-state index contributed by atoms with van der Waals surface area (Å²) in [6.45, 7) is 9.55. The SMILES string of the molecule is COC(=O)c1ccc2nc(-c3cc4cc(OC)ccc4n3C(=O)OC(C)(C)C)c(N(C)C(C)C)nc2c1. The molecule has 2 heterocycles. The van der Waals surface area contributed by atoms with Crippen LogP contribution in [0.3, 0.4) is 0 Å². The minimum absolute atomic E-state index is 0.0775. The van der Waals surface area contributed by atoms with E-state index in [9.17, 15) is 9.59 Å². The molecule has 0 saturated heterocycles. The summed E-state index contributed by atoms with van der Waals surface area (Å²) in [6, 6.07) is 12.5. The first kappa shape index (κ1) is 25.9. The Hall–Kier alpha value is -4.14. The molecule has 0 atom stereocenters. The number of aromatic nitrogens is 3. The number of hydrogen-bond donors (Lipinski definition) is 0. The summed E-state index contributed by atoms with van der Waals surface area (Å²) in [5.41, 5.74) is 2.49. The second-order valence-electron chi connectivity index (χ2n) is 10.1. The number of carbonyl (C=O) groups is 2. The molecule has 0 fully saturated rings. The Balaban J connectivity index is 2.04. The third-order valence-corrected chi connectivity index (χ3v) is 6.00. The minimum atomic E-state index is -0.700. The second kappa shape index (κ2) is 9.72. The maximum absolute atomic E-state index is 13.5. The van der Waals surface area contributed by atoms with E-state index in [0.717, 1.165) is 5.39 Å². The van der Waals surface area contributed by atoms with Gasteiger partial charge < -0.3 is 19.1 Å². The number of benzene rings is 2. The van der Waals surface area contributed by atoms with E-state index < -0.39 is 17.7 Å². The fourth-order valence-electron chi connectivity index (χ4n) is 3.95. The number of carbonyl (C=O) groups excluding carboxylic acids is 2. The molecule has 0 amide bonds. The average Bonchev–Trinajstić information content (AvgIpc) is 3.24. The van der Waals surface area contributed by atoms with Gasteiger partial charge in [-0.15, -0.1) is 0 Å². The number of ether oxygens (including phenoxy) is 3. The topological polar surface area (TPSA) is 95.8 Å². The van der Waals surface area contributed by atoms with Gasteiger partial charge in [-0.05, 0) is 77.1 Å². The third-order valence-electron chi connectivity index (χ3n) is 6.00. The highest BCUT2D eigenvalue weighted by Gasteiger charge is 2.27. The first-order chi connectivity index (χ1) is 17.4. The molecule has 4 rings (SSSR count). The Kier molecular flexibility index (Phi) is 6.82. The van der Waals surface area contributed by atoms with Crippen molar-refractivity contribution in [2.45, 2.75) is 46.3 Å². The summed E-state index contributed by atoms with van der Waals surface area (Å²) in [5, 5.41) is 0.793. The number of hydrogen-bond acceptors (Lipinski definition) is 8. The maximum Gasteiger partial charge on any atom is 0.419 e. The fraction of sp³-hybridized carbons (Fsp3) is 0.357. The Morgan fingerprint density at radius 1 is 0.973 bits per heavy atom. The number of rotatable bonds is 5. The molecule has 0 N–H and O–H groups in total. The summed E-state index contributed by atoms with van der Waals surface area (Å²) in [6.07, 6.45) is -0.524. The van der Waals surface area contributed by atoms with Gasteiger partial charge in [-0.1, -0.05) is 0 Å². The molecule has 0 unspecified atom stereocenters. The predicted octanol–water partition coefficient (Wildman–Crippen LogP) is 5.67. The van der Waals surface area contributed by atoms with Gasteiger partial charge in [0.1, 0.15) is 17.0 Å². The Bertz CT molecular complexity index is 1500. The predicted molar refractivity (Wildman–Crippen MR) is 144 cm³/mol. The first-order valence-corrected chi connectivity index (χ1v) is 12.0. The van der Waals surface area contributed by atoms with Gasteiger partial charge in [-0.25, -0.2) is 24.1 Å². The molecule has 9 heteroatoms. The number of fused-ring (bicyclic) bond motifs is 2. The lowest BCUT2D eigenvalue weighted by atomic mass is 10.1. The van der Waals surface area contributed by atoms with Crippen LogP contribution in [0.4, 0.5) is 10.6 Å². The molecule has 0 aliphatic rings. The monoisotopic (exact) mass is 504 g/mol. The Morgan fingerprint density at radius 2 is 1.70 bits per heavy atom. The molecule has 4 aromatic rings. The third kappa shape index (κ3) is 5.07. The van der Waals surface area contributed by atoms with Crippen molar-refractivity contribution < 1.29 is 23.8 Å². The van der Waals surface area contributed by atoms with Crippen molar-refractivity contribution in [2.24, 2.45) is 0 Å². The molecule has 2 aromatic carbocycles. The largest absolute Gasteiger partial charge is 0.497 e. The molecule has 0 aliphatic carbocycles. The highest BCUT2D eigenvalue weighted by molar-refractivity contribution is 5.99. The summed E-state index contributed by atoms with van der Waals surface area (Å²) in [5.74, 6) is 0.773. The van der Waals surface area contributed by atoms with Crippen LogP contribution in [-0.4, -0.2) is 59.5 Å². The van der Waals surface area contributed by atoms with Gasteiger partial charge in [0.15, 0.2) is 5.82 Å². The molecule has 194 valence electrons. The molecule has 9 nitrogen and oxygen atoms in total. The Morgan fingerprint density at radius 3 is 2.32 bits per heavy atom. The van der Waals surface area contributed by atoms with E-state index >= 15 is 0 Å². The van der Waals surface area contributed by atoms with Gasteiger partial charge in [-0.3, -0.25) is 0 Å². The lowest BCUT2D eigenvalue weighted by Gasteiger charge is -2.26. The van der Waals surface area contributed by atoms with E-state index in [1.807, 2.05) is 64.8 Å². The quantitative estimate of drug-likeness (QED) is 0.321. The molecule has 0 spiro atoms. The molecule has 0 aliphatic heterocycles. The van der Waals surface area contributed by atoms with Crippen LogP contribution in [0.1, 0.15) is 45.0 Å². The van der Waals surface area contributed by atoms with E-state index in [4.69, 9.17) is 24.2 Å². The lowest BCUT2D eigenvalue weighted by molar-refractivity contribution is 0.0545. The van der Waals surface area contributed by atoms with E-state index in [-0.39, 0.29) is 6.04 Å². The average molecular weight is 505 g/mol. The molecule has 0 saturated carbocycles. The standard InChI is InChI=1S/C28H32N4O5/c1-16(2)31(6)25-24(29-20-11-9-17(26(33)36-8)14-21(20)30-25)23-15-18-13-19(35-7)10-12-22(18)32(23)27(34)37-28(3,4)5/h9-16H,1-8H3. The van der Waals surface area contributed by atoms with Crippen molar-refractivity contribution in [2.75, 3.05) is 26.2 Å². The Labute approximate surface area is 216 Å². The summed E-state index contributed by atoms with van der Waals surface area (Å²) < 4.78 is 17.6. The van der Waals surface area contributed by atoms with Crippen LogP contribution in [0.15, 0.2) is 42.5 Å². The number of nitrogens with zero attached hydrogens (tertiary/aromatic N) is 4. The molecular weight excluding hydrogens is 472 g/mol. The number of esters is 1. The normalized spacial score (nSPS) is 11.7. The zero-order chi connectivity index (χ0) is 27.1. The van der Waals surface area contributed by atoms with Gasteiger partial charge in [0, 0.05) is 18.5 Å². The van der Waals surface area contributed by atoms with Gasteiger partial charge >= 0.3 is 12.1 Å². The van der Waals surface area contributed by atoms with E-state index in [1.165, 1.54) is 11.7 Å². The summed E-state index contributed by atoms with van der Waals surface area (Å²) in [7, 11) is 4.85. The smallest absolute Gasteiger partial charge is 0.419 e. The number of methoxy groups -OCH3 is 2. The molecule has 37 heavy (non-hydrogen) atoms. The van der Waals surface area contributed by atoms with Crippen molar-refractivity contribution in [1.82, 2.24) is 14.5 Å². The van der Waals surface area contributed by atoms with Gasteiger partial charge in [0.25, 0.3) is 0 Å². The van der Waals surface area contributed by atoms with Gasteiger partial charge in [-0.2, -0.15) is 0 Å². The van der Waals surface area contributed by atoms with Crippen molar-refractivity contribution in [3.05, 3.63) is 48.0 Å². The number of anilines is 1. The fourth-order valence-corrected chi connectivity index (χ4v) is 3.95. The van der Waals surface area contributed by atoms with Crippen LogP contribution in [0.5, 0.6) is 5.75 Å². The van der Waals surface area contributed by atoms with Crippen molar-refractivity contribution >= 4 is 39.8 Å². The minimum Gasteiger partial charge on any atom is -0.497 e. The zero-order valence-electron chi connectivity index (χ0n) is 22.4. The highest BCUT2D eigenvalue weighted by Crippen LogP contribution is 2.36. The molecule has 0 bridgehead atoms. The van der Waals surface area contributed by atoms with Crippen LogP contribution >= 0.6 is 0 Å². The van der Waals surface area contributed by atoms with Crippen LogP contribution < -0.4 is 9.64 Å². The van der Waals surface area contributed by atoms with Gasteiger partial charge in [0.05, 0.1) is 42.0 Å².